The average molecular weight is 362 g/mol. The van der Waals surface area contributed by atoms with Gasteiger partial charge in [-0.3, -0.25) is 0 Å². The highest BCUT2D eigenvalue weighted by atomic mass is 16.3. The van der Waals surface area contributed by atoms with E-state index in [9.17, 15) is 5.11 Å². The number of rotatable bonds is 6. The number of aliphatic hydroxyl groups is 1. The standard InChI is InChI=1S/C20H35N5O/c1-5-19-15(3)21-16(4)22-20(19)25-12-17(18(13-25)14-26)11-24-9-7-23(6-2)8-10-24/h17-18,26H,5-14H2,1-4H3/t17-,18-/m1/s1. The highest BCUT2D eigenvalue weighted by molar-refractivity contribution is 5.50. The minimum absolute atomic E-state index is 0.264. The Morgan fingerprint density at radius 1 is 0.962 bits per heavy atom. The zero-order chi connectivity index (χ0) is 18.7. The van der Waals surface area contributed by atoms with Gasteiger partial charge in [-0.25, -0.2) is 9.97 Å². The number of aliphatic hydroxyl groups excluding tert-OH is 1. The van der Waals surface area contributed by atoms with Crippen molar-refractivity contribution in [1.29, 1.82) is 0 Å². The van der Waals surface area contributed by atoms with Crippen molar-refractivity contribution < 1.29 is 5.11 Å². The lowest BCUT2D eigenvalue weighted by Crippen LogP contribution is -2.48. The van der Waals surface area contributed by atoms with Crippen LogP contribution >= 0.6 is 0 Å². The summed E-state index contributed by atoms with van der Waals surface area (Å²) >= 11 is 0. The summed E-state index contributed by atoms with van der Waals surface area (Å²) < 4.78 is 0. The second-order valence-corrected chi connectivity index (χ2v) is 7.85. The van der Waals surface area contributed by atoms with Gasteiger partial charge in [0, 0.05) is 69.6 Å². The minimum atomic E-state index is 0.264. The molecule has 6 nitrogen and oxygen atoms in total. The Morgan fingerprint density at radius 3 is 2.23 bits per heavy atom. The van der Waals surface area contributed by atoms with E-state index in [1.807, 2.05) is 6.92 Å². The van der Waals surface area contributed by atoms with Crippen molar-refractivity contribution in [1.82, 2.24) is 19.8 Å². The number of anilines is 1. The Balaban J connectivity index is 1.70. The summed E-state index contributed by atoms with van der Waals surface area (Å²) in [7, 11) is 0. The molecule has 2 atom stereocenters. The number of aryl methyl sites for hydroxylation is 2. The van der Waals surface area contributed by atoms with Crippen LogP contribution in [0.1, 0.15) is 30.9 Å². The zero-order valence-corrected chi connectivity index (χ0v) is 16.9. The second-order valence-electron chi connectivity index (χ2n) is 7.85. The topological polar surface area (TPSA) is 55.7 Å². The minimum Gasteiger partial charge on any atom is -0.396 e. The van der Waals surface area contributed by atoms with E-state index in [1.54, 1.807) is 0 Å². The largest absolute Gasteiger partial charge is 0.396 e. The van der Waals surface area contributed by atoms with E-state index in [0.717, 1.165) is 63.0 Å². The van der Waals surface area contributed by atoms with Crippen LogP contribution in [0.2, 0.25) is 0 Å². The molecule has 0 aliphatic carbocycles. The maximum absolute atomic E-state index is 9.96. The highest BCUT2D eigenvalue weighted by Gasteiger charge is 2.35. The molecule has 1 aromatic heterocycles. The number of hydrogen-bond donors (Lipinski definition) is 1. The van der Waals surface area contributed by atoms with Gasteiger partial charge in [-0.2, -0.15) is 0 Å². The van der Waals surface area contributed by atoms with Crippen molar-refractivity contribution in [2.24, 2.45) is 11.8 Å². The zero-order valence-electron chi connectivity index (χ0n) is 16.9. The van der Waals surface area contributed by atoms with Gasteiger partial charge in [0.1, 0.15) is 11.6 Å². The number of aromatic nitrogens is 2. The summed E-state index contributed by atoms with van der Waals surface area (Å²) in [4.78, 5) is 16.8. The fraction of sp³-hybridized carbons (Fsp3) is 0.800. The Hall–Kier alpha value is -1.24. The molecule has 0 aromatic carbocycles. The van der Waals surface area contributed by atoms with Crippen LogP contribution < -0.4 is 4.90 Å². The van der Waals surface area contributed by atoms with Gasteiger partial charge in [0.05, 0.1) is 0 Å². The molecule has 0 saturated carbocycles. The van der Waals surface area contributed by atoms with Crippen LogP contribution in [-0.4, -0.2) is 83.8 Å². The molecular formula is C20H35N5O. The first-order chi connectivity index (χ1) is 12.5. The molecule has 2 saturated heterocycles. The molecule has 2 aliphatic rings. The third-order valence-corrected chi connectivity index (χ3v) is 6.17. The van der Waals surface area contributed by atoms with Crippen molar-refractivity contribution in [2.45, 2.75) is 34.1 Å². The van der Waals surface area contributed by atoms with Crippen LogP contribution in [0.15, 0.2) is 0 Å². The normalized spacial score (nSPS) is 25.2. The van der Waals surface area contributed by atoms with Gasteiger partial charge in [-0.05, 0) is 32.7 Å². The first-order valence-electron chi connectivity index (χ1n) is 10.2. The van der Waals surface area contributed by atoms with Crippen LogP contribution in [0.3, 0.4) is 0 Å². The third-order valence-electron chi connectivity index (χ3n) is 6.17. The molecule has 146 valence electrons. The fourth-order valence-corrected chi connectivity index (χ4v) is 4.54. The highest BCUT2D eigenvalue weighted by Crippen LogP contribution is 2.31. The monoisotopic (exact) mass is 361 g/mol. The third kappa shape index (κ3) is 4.18. The molecule has 0 unspecified atom stereocenters. The molecule has 26 heavy (non-hydrogen) atoms. The van der Waals surface area contributed by atoms with Crippen LogP contribution in [0.25, 0.3) is 0 Å². The van der Waals surface area contributed by atoms with E-state index < -0.39 is 0 Å². The van der Waals surface area contributed by atoms with Crippen molar-refractivity contribution in [3.05, 3.63) is 17.1 Å². The molecule has 3 rings (SSSR count). The number of hydrogen-bond acceptors (Lipinski definition) is 6. The van der Waals surface area contributed by atoms with E-state index in [1.165, 1.54) is 18.7 Å². The second kappa shape index (κ2) is 8.63. The van der Waals surface area contributed by atoms with Gasteiger partial charge >= 0.3 is 0 Å². The van der Waals surface area contributed by atoms with E-state index in [-0.39, 0.29) is 6.61 Å². The lowest BCUT2D eigenvalue weighted by molar-refractivity contribution is 0.106. The molecular weight excluding hydrogens is 326 g/mol. The first-order valence-corrected chi connectivity index (χ1v) is 10.2. The van der Waals surface area contributed by atoms with Gasteiger partial charge < -0.3 is 19.8 Å². The smallest absolute Gasteiger partial charge is 0.135 e. The lowest BCUT2D eigenvalue weighted by atomic mass is 9.96. The molecule has 0 spiro atoms. The van der Waals surface area contributed by atoms with Gasteiger partial charge in [-0.15, -0.1) is 0 Å². The summed E-state index contributed by atoms with van der Waals surface area (Å²) in [5.41, 5.74) is 2.35. The Kier molecular flexibility index (Phi) is 6.48. The fourth-order valence-electron chi connectivity index (χ4n) is 4.54. The van der Waals surface area contributed by atoms with Crippen LogP contribution in [0.4, 0.5) is 5.82 Å². The number of likely N-dealkylation sites (N-methyl/N-ethyl adjacent to an activating group) is 1. The van der Waals surface area contributed by atoms with E-state index in [2.05, 4.69) is 40.5 Å². The van der Waals surface area contributed by atoms with Crippen molar-refractivity contribution >= 4 is 5.82 Å². The maximum atomic E-state index is 9.96. The van der Waals surface area contributed by atoms with E-state index >= 15 is 0 Å². The lowest BCUT2D eigenvalue weighted by Gasteiger charge is -2.36. The van der Waals surface area contributed by atoms with Crippen LogP contribution in [0, 0.1) is 25.7 Å². The van der Waals surface area contributed by atoms with Gasteiger partial charge in [0.2, 0.25) is 0 Å². The van der Waals surface area contributed by atoms with E-state index in [0.29, 0.717) is 11.8 Å². The molecule has 1 aromatic rings. The van der Waals surface area contributed by atoms with Gasteiger partial charge in [0.25, 0.3) is 0 Å². The summed E-state index contributed by atoms with van der Waals surface area (Å²) in [6.07, 6.45) is 0.950. The Morgan fingerprint density at radius 2 is 1.62 bits per heavy atom. The van der Waals surface area contributed by atoms with Crippen molar-refractivity contribution in [2.75, 3.05) is 63.9 Å². The predicted molar refractivity (Wildman–Crippen MR) is 106 cm³/mol. The molecule has 2 aliphatic heterocycles. The summed E-state index contributed by atoms with van der Waals surface area (Å²) in [5.74, 6) is 2.77. The van der Waals surface area contributed by atoms with Crippen molar-refractivity contribution in [3.63, 3.8) is 0 Å². The Bertz CT molecular complexity index is 600. The molecule has 6 heteroatoms. The van der Waals surface area contributed by atoms with Crippen LogP contribution in [-0.2, 0) is 6.42 Å². The van der Waals surface area contributed by atoms with E-state index in [4.69, 9.17) is 4.98 Å². The van der Waals surface area contributed by atoms with Crippen LogP contribution in [0.5, 0.6) is 0 Å². The number of piperazine rings is 1. The summed E-state index contributed by atoms with van der Waals surface area (Å²) in [5, 5.41) is 9.96. The summed E-state index contributed by atoms with van der Waals surface area (Å²) in [6.45, 7) is 17.5. The average Bonchev–Trinajstić information content (AvgIpc) is 3.04. The summed E-state index contributed by atoms with van der Waals surface area (Å²) in [6, 6.07) is 0. The molecule has 3 heterocycles. The molecule has 0 radical (unpaired) electrons. The molecule has 1 N–H and O–H groups in total. The first kappa shape index (κ1) is 19.5. The Labute approximate surface area is 158 Å². The van der Waals surface area contributed by atoms with Crippen molar-refractivity contribution in [3.8, 4) is 0 Å². The van der Waals surface area contributed by atoms with Gasteiger partial charge in [0.15, 0.2) is 0 Å². The molecule has 2 fully saturated rings. The predicted octanol–water partition coefficient (Wildman–Crippen LogP) is 1.34. The molecule has 0 bridgehead atoms. The maximum Gasteiger partial charge on any atom is 0.135 e. The SMILES string of the molecule is CCc1c(C)nc(C)nc1N1C[C@@H](CN2CCN(CC)CC2)[C@@H](CO)C1. The molecule has 0 amide bonds. The number of nitrogens with zero attached hydrogens (tertiary/aromatic N) is 5. The van der Waals surface area contributed by atoms with Gasteiger partial charge in [-0.1, -0.05) is 13.8 Å². The quantitative estimate of drug-likeness (QED) is 0.825.